The molecule has 2 heterocycles. The second kappa shape index (κ2) is 6.34. The van der Waals surface area contributed by atoms with E-state index < -0.39 is 0 Å². The largest absolute Gasteiger partial charge is 0.320 e. The van der Waals surface area contributed by atoms with Crippen LogP contribution in [-0.4, -0.2) is 15.3 Å². The van der Waals surface area contributed by atoms with Crippen molar-refractivity contribution in [3.63, 3.8) is 0 Å². The van der Waals surface area contributed by atoms with Crippen LogP contribution < -0.4 is 10.9 Å². The van der Waals surface area contributed by atoms with E-state index in [9.17, 15) is 9.59 Å². The molecule has 6 heteroatoms. The van der Waals surface area contributed by atoms with Crippen LogP contribution in [0.2, 0.25) is 0 Å². The zero-order valence-electron chi connectivity index (χ0n) is 13.0. The van der Waals surface area contributed by atoms with Crippen LogP contribution in [0.25, 0.3) is 4.96 Å². The maximum atomic E-state index is 12.6. The first-order valence-electron chi connectivity index (χ1n) is 7.37. The molecule has 1 aromatic carbocycles. The number of hydrogen-bond donors (Lipinski definition) is 1. The Morgan fingerprint density at radius 3 is 2.74 bits per heavy atom. The number of nitrogens with one attached hydrogen (secondary N) is 1. The maximum absolute atomic E-state index is 12.6. The van der Waals surface area contributed by atoms with Crippen LogP contribution in [0.5, 0.6) is 0 Å². The molecule has 0 aliphatic rings. The first-order chi connectivity index (χ1) is 11.1. The summed E-state index contributed by atoms with van der Waals surface area (Å²) in [6, 6.07) is 9.80. The minimum absolute atomic E-state index is 0.177. The second-order valence-corrected chi connectivity index (χ2v) is 6.24. The van der Waals surface area contributed by atoms with Crippen LogP contribution in [-0.2, 0) is 11.2 Å². The molecule has 0 aliphatic carbocycles. The Labute approximate surface area is 137 Å². The van der Waals surface area contributed by atoms with E-state index in [0.29, 0.717) is 23.5 Å². The molecule has 3 rings (SSSR count). The SMILES string of the molecule is Cc1nc2scc(C)n2c(=O)c1NC(=O)CCc1ccccc1. The molecule has 0 saturated heterocycles. The van der Waals surface area contributed by atoms with Gasteiger partial charge >= 0.3 is 0 Å². The Morgan fingerprint density at radius 2 is 2.00 bits per heavy atom. The molecule has 0 unspecified atom stereocenters. The van der Waals surface area contributed by atoms with Gasteiger partial charge in [-0.1, -0.05) is 30.3 Å². The monoisotopic (exact) mass is 327 g/mol. The molecule has 23 heavy (non-hydrogen) atoms. The molecule has 0 radical (unpaired) electrons. The Morgan fingerprint density at radius 1 is 1.26 bits per heavy atom. The predicted octanol–water partition coefficient (Wildman–Crippen LogP) is 2.94. The minimum Gasteiger partial charge on any atom is -0.320 e. The Kier molecular flexibility index (Phi) is 4.25. The molecular weight excluding hydrogens is 310 g/mol. The van der Waals surface area contributed by atoms with Crippen LogP contribution in [0, 0.1) is 13.8 Å². The highest BCUT2D eigenvalue weighted by Gasteiger charge is 2.14. The molecule has 118 valence electrons. The van der Waals surface area contributed by atoms with Crippen molar-refractivity contribution < 1.29 is 4.79 Å². The quantitative estimate of drug-likeness (QED) is 0.801. The summed E-state index contributed by atoms with van der Waals surface area (Å²) in [5, 5.41) is 4.61. The van der Waals surface area contributed by atoms with Crippen molar-refractivity contribution in [1.29, 1.82) is 0 Å². The first-order valence-corrected chi connectivity index (χ1v) is 8.25. The number of anilines is 1. The average molecular weight is 327 g/mol. The van der Waals surface area contributed by atoms with E-state index in [2.05, 4.69) is 10.3 Å². The summed E-state index contributed by atoms with van der Waals surface area (Å²) in [6.07, 6.45) is 0.967. The fraction of sp³-hybridized carbons (Fsp3) is 0.235. The predicted molar refractivity (Wildman–Crippen MR) is 92.2 cm³/mol. The summed E-state index contributed by atoms with van der Waals surface area (Å²) >= 11 is 1.42. The normalized spacial score (nSPS) is 10.9. The van der Waals surface area contributed by atoms with Gasteiger partial charge in [0.2, 0.25) is 5.91 Å². The second-order valence-electron chi connectivity index (χ2n) is 5.41. The maximum Gasteiger partial charge on any atom is 0.282 e. The Bertz CT molecular complexity index is 913. The van der Waals surface area contributed by atoms with Crippen molar-refractivity contribution >= 4 is 27.9 Å². The van der Waals surface area contributed by atoms with Gasteiger partial charge in [0.05, 0.1) is 5.69 Å². The zero-order chi connectivity index (χ0) is 16.4. The van der Waals surface area contributed by atoms with Crippen molar-refractivity contribution in [2.75, 3.05) is 5.32 Å². The van der Waals surface area contributed by atoms with Crippen molar-refractivity contribution in [2.45, 2.75) is 26.7 Å². The number of carbonyl (C=O) groups is 1. The molecule has 0 saturated carbocycles. The van der Waals surface area contributed by atoms with Crippen LogP contribution in [0.3, 0.4) is 0 Å². The van der Waals surface area contributed by atoms with Crippen LogP contribution in [0.1, 0.15) is 23.4 Å². The van der Waals surface area contributed by atoms with E-state index in [0.717, 1.165) is 11.3 Å². The number of nitrogens with zero attached hydrogens (tertiary/aromatic N) is 2. The van der Waals surface area contributed by atoms with Gasteiger partial charge in [-0.2, -0.15) is 0 Å². The highest BCUT2D eigenvalue weighted by atomic mass is 32.1. The third-order valence-electron chi connectivity index (χ3n) is 3.67. The number of carbonyl (C=O) groups excluding carboxylic acids is 1. The molecular formula is C17H17N3O2S. The summed E-state index contributed by atoms with van der Waals surface area (Å²) in [6.45, 7) is 3.59. The minimum atomic E-state index is -0.223. The van der Waals surface area contributed by atoms with E-state index in [-0.39, 0.29) is 17.2 Å². The van der Waals surface area contributed by atoms with Gasteiger partial charge in [0.15, 0.2) is 4.96 Å². The molecule has 3 aromatic rings. The van der Waals surface area contributed by atoms with E-state index >= 15 is 0 Å². The lowest BCUT2D eigenvalue weighted by Gasteiger charge is -2.08. The van der Waals surface area contributed by atoms with Crippen molar-refractivity contribution in [1.82, 2.24) is 9.38 Å². The zero-order valence-corrected chi connectivity index (χ0v) is 13.8. The number of benzene rings is 1. The number of hydrogen-bond acceptors (Lipinski definition) is 4. The summed E-state index contributed by atoms with van der Waals surface area (Å²) in [5.41, 5.74) is 2.51. The lowest BCUT2D eigenvalue weighted by Crippen LogP contribution is -2.25. The van der Waals surface area contributed by atoms with Gasteiger partial charge in [0, 0.05) is 17.5 Å². The number of aromatic nitrogens is 2. The molecule has 5 nitrogen and oxygen atoms in total. The van der Waals surface area contributed by atoms with Crippen molar-refractivity contribution in [2.24, 2.45) is 0 Å². The fourth-order valence-electron chi connectivity index (χ4n) is 2.43. The van der Waals surface area contributed by atoms with Crippen LogP contribution >= 0.6 is 11.3 Å². The van der Waals surface area contributed by atoms with Gasteiger partial charge in [-0.25, -0.2) is 4.98 Å². The van der Waals surface area contributed by atoms with Crippen molar-refractivity contribution in [3.05, 3.63) is 63.0 Å². The van der Waals surface area contributed by atoms with Crippen LogP contribution in [0.4, 0.5) is 5.69 Å². The average Bonchev–Trinajstić information content (AvgIpc) is 2.91. The summed E-state index contributed by atoms with van der Waals surface area (Å²) < 4.78 is 1.53. The Balaban J connectivity index is 1.79. The summed E-state index contributed by atoms with van der Waals surface area (Å²) in [5.74, 6) is -0.177. The van der Waals surface area contributed by atoms with E-state index in [4.69, 9.17) is 0 Å². The number of aryl methyl sites for hydroxylation is 3. The highest BCUT2D eigenvalue weighted by molar-refractivity contribution is 7.15. The van der Waals surface area contributed by atoms with E-state index in [1.54, 1.807) is 6.92 Å². The standard InChI is InChI=1S/C17H17N3O2S/c1-11-10-23-17-18-12(2)15(16(22)20(11)17)19-14(21)9-8-13-6-4-3-5-7-13/h3-7,10H,8-9H2,1-2H3,(H,19,21). The number of rotatable bonds is 4. The lowest BCUT2D eigenvalue weighted by atomic mass is 10.1. The van der Waals surface area contributed by atoms with Crippen molar-refractivity contribution in [3.8, 4) is 0 Å². The first kappa shape index (κ1) is 15.4. The van der Waals surface area contributed by atoms with E-state index in [1.165, 1.54) is 15.7 Å². The van der Waals surface area contributed by atoms with Gasteiger partial charge in [0.1, 0.15) is 5.69 Å². The van der Waals surface area contributed by atoms with Gasteiger partial charge in [0.25, 0.3) is 5.56 Å². The van der Waals surface area contributed by atoms with Gasteiger partial charge < -0.3 is 5.32 Å². The number of amides is 1. The topological polar surface area (TPSA) is 63.5 Å². The van der Waals surface area contributed by atoms with E-state index in [1.807, 2.05) is 42.6 Å². The van der Waals surface area contributed by atoms with Gasteiger partial charge in [-0.05, 0) is 25.8 Å². The third kappa shape index (κ3) is 3.17. The third-order valence-corrected chi connectivity index (χ3v) is 4.61. The fourth-order valence-corrected chi connectivity index (χ4v) is 3.34. The molecule has 0 aliphatic heterocycles. The summed E-state index contributed by atoms with van der Waals surface area (Å²) in [4.78, 5) is 29.8. The smallest absolute Gasteiger partial charge is 0.282 e. The molecule has 0 atom stereocenters. The Hall–Kier alpha value is -2.47. The lowest BCUT2D eigenvalue weighted by molar-refractivity contribution is -0.116. The molecule has 0 fully saturated rings. The molecule has 0 spiro atoms. The summed E-state index contributed by atoms with van der Waals surface area (Å²) in [7, 11) is 0. The number of thiazole rings is 1. The molecule has 1 N–H and O–H groups in total. The van der Waals surface area contributed by atoms with Gasteiger partial charge in [-0.3, -0.25) is 14.0 Å². The molecule has 0 bridgehead atoms. The van der Waals surface area contributed by atoms with Gasteiger partial charge in [-0.15, -0.1) is 11.3 Å². The number of fused-ring (bicyclic) bond motifs is 1. The highest BCUT2D eigenvalue weighted by Crippen LogP contribution is 2.16. The van der Waals surface area contributed by atoms with Crippen LogP contribution in [0.15, 0.2) is 40.5 Å². The molecule has 1 amide bonds. The molecule has 2 aromatic heterocycles.